The first-order chi connectivity index (χ1) is 20.4. The molecule has 2 aliphatic rings. The zero-order valence-electron chi connectivity index (χ0n) is 23.0. The van der Waals surface area contributed by atoms with Gasteiger partial charge in [-0.1, -0.05) is 11.8 Å². The van der Waals surface area contributed by atoms with E-state index in [2.05, 4.69) is 0 Å². The fourth-order valence-corrected chi connectivity index (χ4v) is 6.30. The third kappa shape index (κ3) is 7.77. The maximum Gasteiger partial charge on any atom is 0.410 e. The van der Waals surface area contributed by atoms with Crippen LogP contribution in [0, 0.1) is 26.1 Å². The normalized spacial score (nSPS) is 21.3. The van der Waals surface area contributed by atoms with Gasteiger partial charge in [0.2, 0.25) is 5.91 Å². The molecule has 228 valence electrons. The van der Waals surface area contributed by atoms with Crippen LogP contribution in [0.15, 0.2) is 48.5 Å². The van der Waals surface area contributed by atoms with Crippen molar-refractivity contribution in [1.29, 1.82) is 0 Å². The van der Waals surface area contributed by atoms with Crippen molar-refractivity contribution < 1.29 is 38.5 Å². The molecule has 0 aromatic heterocycles. The molecule has 0 bridgehead atoms. The van der Waals surface area contributed by atoms with E-state index in [0.29, 0.717) is 17.5 Å². The summed E-state index contributed by atoms with van der Waals surface area (Å²) in [6, 6.07) is 9.58. The lowest BCUT2D eigenvalue weighted by molar-refractivity contribution is -0.385. The van der Waals surface area contributed by atoms with Crippen LogP contribution in [0.25, 0.3) is 0 Å². The van der Waals surface area contributed by atoms with Crippen LogP contribution in [0.5, 0.6) is 0 Å². The van der Waals surface area contributed by atoms with Gasteiger partial charge in [-0.25, -0.2) is 9.59 Å². The minimum atomic E-state index is -0.994. The molecule has 0 radical (unpaired) electrons. The third-order valence-electron chi connectivity index (χ3n) is 7.33. The first-order valence-corrected chi connectivity index (χ1v) is 14.1. The molecule has 16 heteroatoms. The minimum Gasteiger partial charge on any atom is -0.445 e. The molecule has 2 aromatic carbocycles. The lowest BCUT2D eigenvalue weighted by Gasteiger charge is -2.28. The van der Waals surface area contributed by atoms with Crippen LogP contribution >= 0.6 is 11.8 Å². The molecule has 4 atom stereocenters. The van der Waals surface area contributed by atoms with E-state index >= 15 is 0 Å². The zero-order valence-corrected chi connectivity index (χ0v) is 23.8. The number of nitro benzene ring substituents is 2. The second-order valence-electron chi connectivity index (χ2n) is 10.2. The number of amides is 3. The summed E-state index contributed by atoms with van der Waals surface area (Å²) in [5.74, 6) is -1.12. The Labute approximate surface area is 249 Å². The van der Waals surface area contributed by atoms with E-state index < -0.39 is 40.0 Å². The number of nitrogens with two attached hydrogens (primary N) is 1. The monoisotopic (exact) mass is 615 g/mol. The molecule has 43 heavy (non-hydrogen) atoms. The standard InChI is InChI=1S/C27H29N5O10S/c1-16(33)43-22-11-23(30(13-22)27(36)42-15-18-4-8-21(9-5-18)32(39)40)19-10-24(25(28)34)29(12-19)26(35)41-14-17-2-6-20(7-3-17)31(37)38/h2-9,19,22-24H,10-15H2,1H3,(H2,28,34)/t19?,22-,23-,24?/m0/s1. The molecule has 4 rings (SSSR count). The number of benzene rings is 2. The Hall–Kier alpha value is -4.73. The lowest BCUT2D eigenvalue weighted by atomic mass is 9.94. The van der Waals surface area contributed by atoms with Crippen LogP contribution in [0.2, 0.25) is 0 Å². The van der Waals surface area contributed by atoms with Crippen molar-refractivity contribution in [1.82, 2.24) is 9.80 Å². The van der Waals surface area contributed by atoms with Gasteiger partial charge < -0.3 is 20.1 Å². The van der Waals surface area contributed by atoms with Crippen LogP contribution in [0.1, 0.15) is 30.9 Å². The highest BCUT2D eigenvalue weighted by Crippen LogP contribution is 2.38. The second kappa shape index (κ2) is 13.5. The number of rotatable bonds is 9. The van der Waals surface area contributed by atoms with Gasteiger partial charge in [0.05, 0.1) is 9.85 Å². The topological polar surface area (TPSA) is 206 Å². The highest BCUT2D eigenvalue weighted by Gasteiger charge is 2.48. The Bertz CT molecular complexity index is 1400. The molecule has 3 amide bonds. The number of thioether (sulfide) groups is 1. The summed E-state index contributed by atoms with van der Waals surface area (Å²) in [7, 11) is 0. The molecule has 2 N–H and O–H groups in total. The Morgan fingerprint density at radius 1 is 0.837 bits per heavy atom. The highest BCUT2D eigenvalue weighted by molar-refractivity contribution is 8.14. The lowest BCUT2D eigenvalue weighted by Crippen LogP contribution is -2.44. The first kappa shape index (κ1) is 31.2. The van der Waals surface area contributed by atoms with Crippen LogP contribution in [-0.4, -0.2) is 73.3 Å². The summed E-state index contributed by atoms with van der Waals surface area (Å²) in [6.45, 7) is 1.36. The van der Waals surface area contributed by atoms with E-state index in [1.165, 1.54) is 65.3 Å². The van der Waals surface area contributed by atoms with Crippen molar-refractivity contribution in [3.8, 4) is 0 Å². The number of hydrogen-bond donors (Lipinski definition) is 1. The number of carbonyl (C=O) groups is 4. The summed E-state index contributed by atoms with van der Waals surface area (Å²) in [5.41, 5.74) is 6.46. The van der Waals surface area contributed by atoms with Crippen molar-refractivity contribution in [2.75, 3.05) is 13.1 Å². The van der Waals surface area contributed by atoms with Crippen molar-refractivity contribution in [3.63, 3.8) is 0 Å². The summed E-state index contributed by atoms with van der Waals surface area (Å²) < 4.78 is 10.9. The SMILES string of the molecule is CC(=O)S[C@H]1C[C@@H](C2CC(C(N)=O)N(C(=O)OCc3ccc([N+](=O)[O-])cc3)C2)N(C(=O)OCc2ccc([N+](=O)[O-])cc2)C1. The molecule has 2 saturated heterocycles. The van der Waals surface area contributed by atoms with Gasteiger partial charge in [-0.05, 0) is 54.2 Å². The Morgan fingerprint density at radius 3 is 1.77 bits per heavy atom. The number of hydrogen-bond acceptors (Lipinski definition) is 11. The van der Waals surface area contributed by atoms with E-state index in [4.69, 9.17) is 15.2 Å². The number of likely N-dealkylation sites (tertiary alicyclic amines) is 2. The van der Waals surface area contributed by atoms with Gasteiger partial charge in [-0.3, -0.25) is 34.7 Å². The quantitative estimate of drug-likeness (QED) is 0.320. The largest absolute Gasteiger partial charge is 0.445 e. The number of nitrogens with zero attached hydrogens (tertiary/aromatic N) is 4. The van der Waals surface area contributed by atoms with Gasteiger partial charge >= 0.3 is 12.2 Å². The Balaban J connectivity index is 1.43. The molecule has 2 fully saturated rings. The predicted octanol–water partition coefficient (Wildman–Crippen LogP) is 3.37. The molecule has 2 unspecified atom stereocenters. The van der Waals surface area contributed by atoms with Crippen LogP contribution in [-0.2, 0) is 32.3 Å². The third-order valence-corrected chi connectivity index (χ3v) is 8.34. The minimum absolute atomic E-state index is 0.0565. The zero-order chi connectivity index (χ0) is 31.3. The van der Waals surface area contributed by atoms with Gasteiger partial charge in [-0.2, -0.15) is 0 Å². The summed E-state index contributed by atoms with van der Waals surface area (Å²) in [6.07, 6.45) is -0.885. The number of non-ortho nitro benzene ring substituents is 2. The van der Waals surface area contributed by atoms with Crippen molar-refractivity contribution in [2.45, 2.75) is 50.3 Å². The Morgan fingerprint density at radius 2 is 1.33 bits per heavy atom. The second-order valence-corrected chi connectivity index (χ2v) is 11.7. The van der Waals surface area contributed by atoms with Gasteiger partial charge in [-0.15, -0.1) is 0 Å². The molecule has 2 aromatic rings. The van der Waals surface area contributed by atoms with Crippen molar-refractivity contribution >= 4 is 46.3 Å². The van der Waals surface area contributed by atoms with Gasteiger partial charge in [0, 0.05) is 55.6 Å². The summed E-state index contributed by atoms with van der Waals surface area (Å²) in [4.78, 5) is 73.7. The molecule has 2 aliphatic heterocycles. The van der Waals surface area contributed by atoms with Crippen LogP contribution in [0.4, 0.5) is 21.0 Å². The average Bonchev–Trinajstić information content (AvgIpc) is 3.60. The van der Waals surface area contributed by atoms with E-state index in [0.717, 1.165) is 11.8 Å². The van der Waals surface area contributed by atoms with Crippen molar-refractivity contribution in [3.05, 3.63) is 79.9 Å². The van der Waals surface area contributed by atoms with Crippen molar-refractivity contribution in [2.24, 2.45) is 11.7 Å². The summed E-state index contributed by atoms with van der Waals surface area (Å²) in [5, 5.41) is 21.4. The molecule has 2 heterocycles. The predicted molar refractivity (Wildman–Crippen MR) is 152 cm³/mol. The van der Waals surface area contributed by atoms with Gasteiger partial charge in [0.1, 0.15) is 19.3 Å². The number of ether oxygens (including phenoxy) is 2. The van der Waals surface area contributed by atoms with E-state index in [1.807, 2.05) is 0 Å². The fourth-order valence-electron chi connectivity index (χ4n) is 5.31. The van der Waals surface area contributed by atoms with E-state index in [-0.39, 0.29) is 60.4 Å². The molecular formula is C27H29N5O10S. The first-order valence-electron chi connectivity index (χ1n) is 13.2. The number of primary amides is 1. The highest BCUT2D eigenvalue weighted by atomic mass is 32.2. The van der Waals surface area contributed by atoms with E-state index in [1.54, 1.807) is 0 Å². The van der Waals surface area contributed by atoms with Gasteiger partial charge in [0.15, 0.2) is 5.12 Å². The fraction of sp³-hybridized carbons (Fsp3) is 0.407. The maximum atomic E-state index is 13.2. The number of carbonyl (C=O) groups excluding carboxylic acids is 4. The average molecular weight is 616 g/mol. The molecule has 0 saturated carbocycles. The molecule has 0 aliphatic carbocycles. The van der Waals surface area contributed by atoms with Crippen LogP contribution < -0.4 is 5.73 Å². The maximum absolute atomic E-state index is 13.2. The van der Waals surface area contributed by atoms with E-state index in [9.17, 15) is 39.4 Å². The van der Waals surface area contributed by atoms with Crippen LogP contribution in [0.3, 0.4) is 0 Å². The number of nitro groups is 2. The Kier molecular flexibility index (Phi) is 9.80. The summed E-state index contributed by atoms with van der Waals surface area (Å²) >= 11 is 1.10. The van der Waals surface area contributed by atoms with Gasteiger partial charge in [0.25, 0.3) is 11.4 Å². The smallest absolute Gasteiger partial charge is 0.410 e. The molecule has 0 spiro atoms. The molecule has 15 nitrogen and oxygen atoms in total. The molecular weight excluding hydrogens is 586 g/mol.